The van der Waals surface area contributed by atoms with Gasteiger partial charge in [-0.2, -0.15) is 5.10 Å². The number of nitrogen functional groups attached to an aromatic ring is 1. The number of nitrogens with one attached hydrogen (secondary N) is 1. The molecule has 1 heterocycles. The quantitative estimate of drug-likeness (QED) is 0.581. The Balaban J connectivity index is 1.91. The molecule has 1 aromatic heterocycles. The van der Waals surface area contributed by atoms with E-state index in [0.29, 0.717) is 5.69 Å². The second-order valence-corrected chi connectivity index (χ2v) is 9.30. The standard InChI is InChI=1S/C20H22N4O3S2/c1-13-7-9-16(10-8-13)29(26,27)18-19(21)24(23-20(18)28-3)12-17(25)22-15-6-4-5-14(2)11-15/h4-11H,12,21H2,1-3H3,(H,22,25). The van der Waals surface area contributed by atoms with Gasteiger partial charge in [-0.3, -0.25) is 4.79 Å². The van der Waals surface area contributed by atoms with E-state index < -0.39 is 9.84 Å². The number of nitrogens with zero attached hydrogens (tertiary/aromatic N) is 2. The normalized spacial score (nSPS) is 11.4. The van der Waals surface area contributed by atoms with Crippen LogP contribution in [0.15, 0.2) is 63.3 Å². The van der Waals surface area contributed by atoms with Crippen molar-refractivity contribution in [3.05, 3.63) is 59.7 Å². The highest BCUT2D eigenvalue weighted by atomic mass is 32.2. The van der Waals surface area contributed by atoms with Crippen LogP contribution in [0.5, 0.6) is 0 Å². The maximum absolute atomic E-state index is 13.1. The molecule has 0 spiro atoms. The molecule has 0 radical (unpaired) electrons. The van der Waals surface area contributed by atoms with Crippen LogP contribution in [0, 0.1) is 13.8 Å². The molecule has 0 aliphatic heterocycles. The van der Waals surface area contributed by atoms with E-state index in [1.807, 2.05) is 32.0 Å². The van der Waals surface area contributed by atoms with Crippen LogP contribution in [0.4, 0.5) is 11.5 Å². The number of amides is 1. The van der Waals surface area contributed by atoms with E-state index in [4.69, 9.17) is 5.73 Å². The summed E-state index contributed by atoms with van der Waals surface area (Å²) in [4.78, 5) is 12.5. The van der Waals surface area contributed by atoms with E-state index in [-0.39, 0.29) is 33.1 Å². The molecule has 3 rings (SSSR count). The van der Waals surface area contributed by atoms with Crippen molar-refractivity contribution in [3.63, 3.8) is 0 Å². The van der Waals surface area contributed by atoms with Crippen LogP contribution in [0.2, 0.25) is 0 Å². The van der Waals surface area contributed by atoms with Crippen molar-refractivity contribution in [2.75, 3.05) is 17.3 Å². The molecule has 152 valence electrons. The number of anilines is 2. The summed E-state index contributed by atoms with van der Waals surface area (Å²) in [6.45, 7) is 3.60. The highest BCUT2D eigenvalue weighted by molar-refractivity contribution is 7.99. The van der Waals surface area contributed by atoms with Crippen molar-refractivity contribution < 1.29 is 13.2 Å². The lowest BCUT2D eigenvalue weighted by Gasteiger charge is -2.08. The van der Waals surface area contributed by atoms with Crippen LogP contribution < -0.4 is 11.1 Å². The number of sulfone groups is 1. The van der Waals surface area contributed by atoms with Crippen molar-refractivity contribution in [2.45, 2.75) is 35.2 Å². The van der Waals surface area contributed by atoms with Crippen LogP contribution in [0.3, 0.4) is 0 Å². The topological polar surface area (TPSA) is 107 Å². The molecule has 0 saturated carbocycles. The number of hydrogen-bond acceptors (Lipinski definition) is 6. The summed E-state index contributed by atoms with van der Waals surface area (Å²) in [6.07, 6.45) is 1.72. The molecular formula is C20H22N4O3S2. The Bertz CT molecular complexity index is 1150. The number of carbonyl (C=O) groups excluding carboxylic acids is 1. The molecule has 29 heavy (non-hydrogen) atoms. The zero-order valence-corrected chi connectivity index (χ0v) is 18.0. The van der Waals surface area contributed by atoms with Gasteiger partial charge in [-0.05, 0) is 49.9 Å². The lowest BCUT2D eigenvalue weighted by molar-refractivity contribution is -0.116. The molecule has 0 unspecified atom stereocenters. The Hall–Kier alpha value is -2.78. The van der Waals surface area contributed by atoms with E-state index >= 15 is 0 Å². The molecule has 7 nitrogen and oxygen atoms in total. The van der Waals surface area contributed by atoms with E-state index in [1.165, 1.54) is 28.6 Å². The van der Waals surface area contributed by atoms with Crippen LogP contribution in [0.25, 0.3) is 0 Å². The van der Waals surface area contributed by atoms with Gasteiger partial charge in [-0.25, -0.2) is 13.1 Å². The molecule has 3 aromatic rings. The molecule has 0 fully saturated rings. The highest BCUT2D eigenvalue weighted by Gasteiger charge is 2.29. The Morgan fingerprint density at radius 3 is 2.45 bits per heavy atom. The van der Waals surface area contributed by atoms with Crippen molar-refractivity contribution in [3.8, 4) is 0 Å². The maximum atomic E-state index is 13.1. The summed E-state index contributed by atoms with van der Waals surface area (Å²) in [5.74, 6) is -0.411. The first kappa shape index (κ1) is 20.9. The van der Waals surface area contributed by atoms with E-state index in [1.54, 1.807) is 24.5 Å². The lowest BCUT2D eigenvalue weighted by Crippen LogP contribution is -2.21. The fourth-order valence-electron chi connectivity index (χ4n) is 2.84. The molecule has 0 aliphatic carbocycles. The summed E-state index contributed by atoms with van der Waals surface area (Å²) < 4.78 is 27.5. The van der Waals surface area contributed by atoms with Gasteiger partial charge in [0.15, 0.2) is 0 Å². The molecule has 1 amide bonds. The number of aromatic nitrogens is 2. The van der Waals surface area contributed by atoms with Gasteiger partial charge in [-0.15, -0.1) is 11.8 Å². The largest absolute Gasteiger partial charge is 0.383 e. The summed E-state index contributed by atoms with van der Waals surface area (Å²) in [5.41, 5.74) is 8.74. The number of hydrogen-bond donors (Lipinski definition) is 2. The first-order valence-corrected chi connectivity index (χ1v) is 11.5. The summed E-state index contributed by atoms with van der Waals surface area (Å²) in [7, 11) is -3.87. The maximum Gasteiger partial charge on any atom is 0.246 e. The number of thioether (sulfide) groups is 1. The van der Waals surface area contributed by atoms with Gasteiger partial charge in [0.25, 0.3) is 0 Å². The third-order valence-electron chi connectivity index (χ3n) is 4.31. The molecular weight excluding hydrogens is 408 g/mol. The van der Waals surface area contributed by atoms with Crippen molar-refractivity contribution in [2.24, 2.45) is 0 Å². The molecule has 0 atom stereocenters. The molecule has 2 aromatic carbocycles. The smallest absolute Gasteiger partial charge is 0.246 e. The number of benzene rings is 2. The summed E-state index contributed by atoms with van der Waals surface area (Å²) in [5, 5.41) is 7.28. The number of nitrogens with two attached hydrogens (primary N) is 1. The molecule has 3 N–H and O–H groups in total. The van der Waals surface area contributed by atoms with Crippen LogP contribution in [-0.4, -0.2) is 30.4 Å². The highest BCUT2D eigenvalue weighted by Crippen LogP contribution is 2.34. The van der Waals surface area contributed by atoms with Gasteiger partial charge in [0.2, 0.25) is 15.7 Å². The minimum absolute atomic E-state index is 0.0608. The Kier molecular flexibility index (Phi) is 5.99. The van der Waals surface area contributed by atoms with Gasteiger partial charge in [0, 0.05) is 5.69 Å². The van der Waals surface area contributed by atoms with E-state index in [2.05, 4.69) is 10.4 Å². The number of carbonyl (C=O) groups is 1. The lowest BCUT2D eigenvalue weighted by atomic mass is 10.2. The second kappa shape index (κ2) is 8.30. The predicted molar refractivity (Wildman–Crippen MR) is 115 cm³/mol. The Morgan fingerprint density at radius 2 is 1.83 bits per heavy atom. The molecule has 0 aliphatic rings. The zero-order valence-electron chi connectivity index (χ0n) is 16.3. The third kappa shape index (κ3) is 4.46. The zero-order chi connectivity index (χ0) is 21.2. The van der Waals surface area contributed by atoms with Crippen molar-refractivity contribution in [1.29, 1.82) is 0 Å². The van der Waals surface area contributed by atoms with Gasteiger partial charge < -0.3 is 11.1 Å². The van der Waals surface area contributed by atoms with Gasteiger partial charge in [0.05, 0.1) is 4.90 Å². The van der Waals surface area contributed by atoms with E-state index in [9.17, 15) is 13.2 Å². The second-order valence-electron chi connectivity index (χ2n) is 6.62. The average Bonchev–Trinajstić information content (AvgIpc) is 2.98. The van der Waals surface area contributed by atoms with Gasteiger partial charge in [-0.1, -0.05) is 29.8 Å². The van der Waals surface area contributed by atoms with Crippen molar-refractivity contribution >= 4 is 39.0 Å². The van der Waals surface area contributed by atoms with Crippen molar-refractivity contribution in [1.82, 2.24) is 9.78 Å². The molecule has 9 heteroatoms. The number of rotatable bonds is 6. The number of aryl methyl sites for hydroxylation is 2. The van der Waals surface area contributed by atoms with Gasteiger partial charge in [0.1, 0.15) is 22.3 Å². The monoisotopic (exact) mass is 430 g/mol. The SMILES string of the molecule is CSc1nn(CC(=O)Nc2cccc(C)c2)c(N)c1S(=O)(=O)c1ccc(C)cc1. The first-order valence-electron chi connectivity index (χ1n) is 8.81. The average molecular weight is 431 g/mol. The van der Waals surface area contributed by atoms with Crippen LogP contribution in [0.1, 0.15) is 11.1 Å². The van der Waals surface area contributed by atoms with Crippen LogP contribution in [-0.2, 0) is 21.2 Å². The third-order valence-corrected chi connectivity index (χ3v) is 6.94. The van der Waals surface area contributed by atoms with Gasteiger partial charge >= 0.3 is 0 Å². The minimum atomic E-state index is -3.87. The van der Waals surface area contributed by atoms with Crippen LogP contribution >= 0.6 is 11.8 Å². The van der Waals surface area contributed by atoms with E-state index in [0.717, 1.165) is 11.1 Å². The fraction of sp³-hybridized carbons (Fsp3) is 0.200. The molecule has 0 bridgehead atoms. The first-order chi connectivity index (χ1) is 13.7. The summed E-state index contributed by atoms with van der Waals surface area (Å²) >= 11 is 1.17. The Labute approximate surface area is 174 Å². The fourth-order valence-corrected chi connectivity index (χ4v) is 5.27. The molecule has 0 saturated heterocycles. The Morgan fingerprint density at radius 1 is 1.14 bits per heavy atom. The predicted octanol–water partition coefficient (Wildman–Crippen LogP) is 3.28. The summed E-state index contributed by atoms with van der Waals surface area (Å²) in [6, 6.07) is 13.9. The minimum Gasteiger partial charge on any atom is -0.383 e.